The minimum Gasteiger partial charge on any atom is -0.473 e. The summed E-state index contributed by atoms with van der Waals surface area (Å²) in [6, 6.07) is 18.3. The highest BCUT2D eigenvalue weighted by molar-refractivity contribution is 5.27. The van der Waals surface area contributed by atoms with Gasteiger partial charge in [0.2, 0.25) is 0 Å². The van der Waals surface area contributed by atoms with Crippen LogP contribution in [0.1, 0.15) is 25.0 Å². The lowest BCUT2D eigenvalue weighted by Crippen LogP contribution is -2.49. The fourth-order valence-corrected chi connectivity index (χ4v) is 2.42. The molecular weight excluding hydrogens is 274 g/mol. The van der Waals surface area contributed by atoms with E-state index in [1.807, 2.05) is 56.3 Å². The third-order valence-corrected chi connectivity index (χ3v) is 3.74. The molecule has 0 spiro atoms. The van der Waals surface area contributed by atoms with Crippen LogP contribution in [0.4, 0.5) is 0 Å². The van der Waals surface area contributed by atoms with E-state index in [0.29, 0.717) is 6.54 Å². The Bertz CT molecular complexity index is 564. The highest BCUT2D eigenvalue weighted by Gasteiger charge is 2.28. The molecule has 0 atom stereocenters. The number of benzene rings is 2. The van der Waals surface area contributed by atoms with Crippen LogP contribution in [0.25, 0.3) is 0 Å². The van der Waals surface area contributed by atoms with E-state index in [0.717, 1.165) is 12.3 Å². The van der Waals surface area contributed by atoms with E-state index >= 15 is 0 Å². The summed E-state index contributed by atoms with van der Waals surface area (Å²) >= 11 is 0. The second-order valence-electron chi connectivity index (χ2n) is 5.99. The topological polar surface area (TPSA) is 32.7 Å². The molecule has 0 aliphatic rings. The molecule has 0 aliphatic carbocycles. The molecule has 2 aromatic carbocycles. The fraction of sp³-hybridized carbons (Fsp3) is 0.368. The van der Waals surface area contributed by atoms with Crippen molar-refractivity contribution < 1.29 is 9.84 Å². The lowest BCUT2D eigenvalue weighted by atomic mass is 10.1. The summed E-state index contributed by atoms with van der Waals surface area (Å²) in [7, 11) is 0. The van der Waals surface area contributed by atoms with E-state index in [9.17, 15) is 5.11 Å². The van der Waals surface area contributed by atoms with Crippen LogP contribution in [0.3, 0.4) is 0 Å². The molecule has 0 unspecified atom stereocenters. The van der Waals surface area contributed by atoms with Gasteiger partial charge in [-0.15, -0.1) is 0 Å². The average molecular weight is 299 g/mol. The molecule has 3 heteroatoms. The third-order valence-electron chi connectivity index (χ3n) is 3.74. The Morgan fingerprint density at radius 3 is 2.23 bits per heavy atom. The third kappa shape index (κ3) is 4.58. The molecule has 22 heavy (non-hydrogen) atoms. The number of rotatable bonds is 7. The van der Waals surface area contributed by atoms with Crippen LogP contribution >= 0.6 is 0 Å². The maximum absolute atomic E-state index is 9.38. The molecule has 0 bridgehead atoms. The molecule has 1 N–H and O–H groups in total. The minimum atomic E-state index is -0.506. The molecule has 2 rings (SSSR count). The van der Waals surface area contributed by atoms with E-state index < -0.39 is 5.72 Å². The number of ether oxygens (including phenoxy) is 1. The zero-order valence-corrected chi connectivity index (χ0v) is 13.6. The summed E-state index contributed by atoms with van der Waals surface area (Å²) in [4.78, 5) is 2.14. The Labute approximate surface area is 133 Å². The molecule has 0 saturated heterocycles. The van der Waals surface area contributed by atoms with Gasteiger partial charge in [-0.3, -0.25) is 4.90 Å². The molecule has 118 valence electrons. The van der Waals surface area contributed by atoms with Crippen molar-refractivity contribution in [2.45, 2.75) is 33.0 Å². The van der Waals surface area contributed by atoms with Crippen molar-refractivity contribution in [2.24, 2.45) is 0 Å². The van der Waals surface area contributed by atoms with Crippen molar-refractivity contribution in [3.8, 4) is 5.75 Å². The second kappa shape index (κ2) is 7.43. The van der Waals surface area contributed by atoms with Crippen LogP contribution in [0.2, 0.25) is 0 Å². The van der Waals surface area contributed by atoms with Gasteiger partial charge in [0.1, 0.15) is 5.75 Å². The summed E-state index contributed by atoms with van der Waals surface area (Å²) < 4.78 is 6.16. The molecule has 0 heterocycles. The number of hydrogen-bond acceptors (Lipinski definition) is 3. The SMILES string of the molecule is Cc1ccc(OC(C)(C)N(CCO)Cc2ccccc2)cc1. The maximum atomic E-state index is 9.38. The molecule has 3 nitrogen and oxygen atoms in total. The highest BCUT2D eigenvalue weighted by Crippen LogP contribution is 2.23. The van der Waals surface area contributed by atoms with Crippen LogP contribution in [-0.2, 0) is 6.54 Å². The predicted octanol–water partition coefficient (Wildman–Crippen LogP) is 3.60. The first-order chi connectivity index (χ1) is 10.5. The zero-order chi connectivity index (χ0) is 16.0. The predicted molar refractivity (Wildman–Crippen MR) is 89.8 cm³/mol. The summed E-state index contributed by atoms with van der Waals surface area (Å²) in [5.41, 5.74) is 1.91. The van der Waals surface area contributed by atoms with Gasteiger partial charge in [-0.05, 0) is 38.5 Å². The van der Waals surface area contributed by atoms with Gasteiger partial charge in [0.25, 0.3) is 0 Å². The smallest absolute Gasteiger partial charge is 0.158 e. The summed E-state index contributed by atoms with van der Waals surface area (Å²) in [5.74, 6) is 0.839. The van der Waals surface area contributed by atoms with Gasteiger partial charge >= 0.3 is 0 Å². The maximum Gasteiger partial charge on any atom is 0.158 e. The van der Waals surface area contributed by atoms with Crippen LogP contribution in [0, 0.1) is 6.92 Å². The Hall–Kier alpha value is -1.84. The van der Waals surface area contributed by atoms with Gasteiger partial charge in [0.15, 0.2) is 5.72 Å². The number of aliphatic hydroxyl groups excluding tert-OH is 1. The van der Waals surface area contributed by atoms with Crippen LogP contribution in [0.15, 0.2) is 54.6 Å². The fourth-order valence-electron chi connectivity index (χ4n) is 2.42. The van der Waals surface area contributed by atoms with Crippen LogP contribution < -0.4 is 4.74 Å². The van der Waals surface area contributed by atoms with Gasteiger partial charge in [-0.1, -0.05) is 48.0 Å². The lowest BCUT2D eigenvalue weighted by molar-refractivity contribution is -0.0675. The summed E-state index contributed by atoms with van der Waals surface area (Å²) in [6.45, 7) is 7.53. The summed E-state index contributed by atoms with van der Waals surface area (Å²) in [5, 5.41) is 9.38. The van der Waals surface area contributed by atoms with Gasteiger partial charge in [-0.2, -0.15) is 0 Å². The largest absolute Gasteiger partial charge is 0.473 e. The molecule has 0 radical (unpaired) electrons. The molecule has 0 aromatic heterocycles. The number of nitrogens with zero attached hydrogens (tertiary/aromatic N) is 1. The second-order valence-corrected chi connectivity index (χ2v) is 5.99. The normalized spacial score (nSPS) is 11.7. The Morgan fingerprint density at radius 2 is 1.64 bits per heavy atom. The van der Waals surface area contributed by atoms with E-state index in [-0.39, 0.29) is 6.61 Å². The Balaban J connectivity index is 2.12. The van der Waals surface area contributed by atoms with Crippen LogP contribution in [0.5, 0.6) is 5.75 Å². The Morgan fingerprint density at radius 1 is 1.00 bits per heavy atom. The average Bonchev–Trinajstić information content (AvgIpc) is 2.50. The quantitative estimate of drug-likeness (QED) is 0.793. The number of aliphatic hydroxyl groups is 1. The molecule has 0 saturated carbocycles. The van der Waals surface area contributed by atoms with Crippen molar-refractivity contribution >= 4 is 0 Å². The van der Waals surface area contributed by atoms with Crippen molar-refractivity contribution in [3.63, 3.8) is 0 Å². The molecule has 0 aliphatic heterocycles. The van der Waals surface area contributed by atoms with E-state index in [1.165, 1.54) is 11.1 Å². The van der Waals surface area contributed by atoms with Crippen molar-refractivity contribution in [1.82, 2.24) is 4.90 Å². The standard InChI is InChI=1S/C19H25NO2/c1-16-9-11-18(12-10-16)22-19(2,3)20(13-14-21)15-17-7-5-4-6-8-17/h4-12,21H,13-15H2,1-3H3. The van der Waals surface area contributed by atoms with Crippen molar-refractivity contribution in [2.75, 3.05) is 13.2 Å². The van der Waals surface area contributed by atoms with Gasteiger partial charge in [-0.25, -0.2) is 0 Å². The van der Waals surface area contributed by atoms with E-state index in [4.69, 9.17) is 4.74 Å². The first kappa shape index (κ1) is 16.5. The Kier molecular flexibility index (Phi) is 5.58. The molecule has 0 fully saturated rings. The van der Waals surface area contributed by atoms with Gasteiger partial charge in [0, 0.05) is 13.1 Å². The van der Waals surface area contributed by atoms with Crippen molar-refractivity contribution in [3.05, 3.63) is 65.7 Å². The van der Waals surface area contributed by atoms with E-state index in [2.05, 4.69) is 24.0 Å². The number of hydrogen-bond donors (Lipinski definition) is 1. The molecular formula is C19H25NO2. The van der Waals surface area contributed by atoms with Crippen molar-refractivity contribution in [1.29, 1.82) is 0 Å². The molecule has 2 aromatic rings. The monoisotopic (exact) mass is 299 g/mol. The van der Waals surface area contributed by atoms with Gasteiger partial charge in [0.05, 0.1) is 6.61 Å². The molecule has 0 amide bonds. The lowest BCUT2D eigenvalue weighted by Gasteiger charge is -2.38. The first-order valence-corrected chi connectivity index (χ1v) is 7.67. The highest BCUT2D eigenvalue weighted by atomic mass is 16.5. The van der Waals surface area contributed by atoms with Crippen LogP contribution in [-0.4, -0.2) is 28.9 Å². The first-order valence-electron chi connectivity index (χ1n) is 7.67. The van der Waals surface area contributed by atoms with E-state index in [1.54, 1.807) is 0 Å². The summed E-state index contributed by atoms with van der Waals surface area (Å²) in [6.07, 6.45) is 0. The van der Waals surface area contributed by atoms with Gasteiger partial charge < -0.3 is 9.84 Å². The zero-order valence-electron chi connectivity index (χ0n) is 13.6. The number of aryl methyl sites for hydroxylation is 1. The minimum absolute atomic E-state index is 0.105.